The molecule has 1 heterocycles. The molecule has 0 aliphatic carbocycles. The maximum atomic E-state index is 11.8. The third kappa shape index (κ3) is 2.63. The number of halogens is 2. The topological polar surface area (TPSA) is 93.8 Å². The molecule has 0 saturated carbocycles. The fraction of sp³-hybridized carbons (Fsp3) is 0. The van der Waals surface area contributed by atoms with Gasteiger partial charge in [0.15, 0.2) is 0 Å². The number of nitrogen functional groups attached to an aromatic ring is 1. The van der Waals surface area contributed by atoms with E-state index in [0.29, 0.717) is 5.13 Å². The molecule has 1 aromatic carbocycles. The van der Waals surface area contributed by atoms with Gasteiger partial charge >= 0.3 is 0 Å². The lowest BCUT2D eigenvalue weighted by Gasteiger charge is -2.05. The quantitative estimate of drug-likeness (QED) is 0.826. The SMILES string of the molecule is Nc1c(Cl)cc(C(=O)Nc2nnns2)cc1Cl. The minimum atomic E-state index is -0.410. The average molecular weight is 290 g/mol. The number of carbonyl (C=O) groups is 1. The van der Waals surface area contributed by atoms with Crippen molar-refractivity contribution in [3.63, 3.8) is 0 Å². The van der Waals surface area contributed by atoms with Gasteiger partial charge in [0.2, 0.25) is 5.13 Å². The second kappa shape index (κ2) is 4.82. The molecule has 0 radical (unpaired) electrons. The van der Waals surface area contributed by atoms with Crippen molar-refractivity contribution in [2.75, 3.05) is 11.1 Å². The van der Waals surface area contributed by atoms with Crippen molar-refractivity contribution >= 4 is 51.5 Å². The summed E-state index contributed by atoms with van der Waals surface area (Å²) < 4.78 is 3.51. The Morgan fingerprint density at radius 3 is 2.53 bits per heavy atom. The Morgan fingerprint density at radius 2 is 2.00 bits per heavy atom. The summed E-state index contributed by atoms with van der Waals surface area (Å²) >= 11 is 12.6. The molecule has 88 valence electrons. The van der Waals surface area contributed by atoms with Crippen molar-refractivity contribution in [3.8, 4) is 0 Å². The zero-order chi connectivity index (χ0) is 12.4. The Kier molecular flexibility index (Phi) is 3.41. The van der Waals surface area contributed by atoms with Crippen molar-refractivity contribution in [1.82, 2.24) is 14.8 Å². The summed E-state index contributed by atoms with van der Waals surface area (Å²) in [5.74, 6) is -0.410. The molecule has 1 aromatic heterocycles. The Morgan fingerprint density at radius 1 is 1.35 bits per heavy atom. The van der Waals surface area contributed by atoms with E-state index >= 15 is 0 Å². The number of rotatable bonds is 2. The molecule has 9 heteroatoms. The summed E-state index contributed by atoms with van der Waals surface area (Å²) in [4.78, 5) is 11.8. The molecule has 0 atom stereocenters. The lowest BCUT2D eigenvalue weighted by Crippen LogP contribution is -2.12. The molecule has 0 aliphatic heterocycles. The van der Waals surface area contributed by atoms with Gasteiger partial charge in [0.1, 0.15) is 0 Å². The number of anilines is 2. The van der Waals surface area contributed by atoms with Crippen LogP contribution >= 0.6 is 34.7 Å². The van der Waals surface area contributed by atoms with E-state index in [1.165, 1.54) is 12.1 Å². The molecule has 6 nitrogen and oxygen atoms in total. The molecule has 1 amide bonds. The number of nitrogens with zero attached hydrogens (tertiary/aromatic N) is 3. The van der Waals surface area contributed by atoms with E-state index in [0.717, 1.165) is 11.5 Å². The van der Waals surface area contributed by atoms with Gasteiger partial charge in [-0.05, 0) is 17.3 Å². The van der Waals surface area contributed by atoms with Crippen LogP contribution in [-0.2, 0) is 0 Å². The van der Waals surface area contributed by atoms with E-state index in [1.807, 2.05) is 0 Å². The van der Waals surface area contributed by atoms with Crippen LogP contribution in [0.5, 0.6) is 0 Å². The molecular weight excluding hydrogens is 285 g/mol. The Hall–Kier alpha value is -1.44. The molecule has 0 saturated heterocycles. The van der Waals surface area contributed by atoms with Gasteiger partial charge in [-0.3, -0.25) is 10.1 Å². The van der Waals surface area contributed by atoms with Gasteiger partial charge in [0.25, 0.3) is 5.91 Å². The van der Waals surface area contributed by atoms with Gasteiger partial charge in [0.05, 0.1) is 15.7 Å². The van der Waals surface area contributed by atoms with Gasteiger partial charge in [-0.15, -0.1) is 0 Å². The molecule has 0 spiro atoms. The number of carbonyl (C=O) groups excluding carboxylic acids is 1. The van der Waals surface area contributed by atoms with Crippen LogP contribution in [-0.4, -0.2) is 20.7 Å². The van der Waals surface area contributed by atoms with Crippen molar-refractivity contribution in [3.05, 3.63) is 27.7 Å². The van der Waals surface area contributed by atoms with E-state index in [1.54, 1.807) is 0 Å². The summed E-state index contributed by atoms with van der Waals surface area (Å²) in [6, 6.07) is 2.85. The minimum Gasteiger partial charge on any atom is -0.396 e. The molecule has 0 bridgehead atoms. The van der Waals surface area contributed by atoms with E-state index in [9.17, 15) is 4.79 Å². The van der Waals surface area contributed by atoms with Crippen molar-refractivity contribution in [2.24, 2.45) is 0 Å². The van der Waals surface area contributed by atoms with Gasteiger partial charge < -0.3 is 5.73 Å². The fourth-order valence-electron chi connectivity index (χ4n) is 1.07. The van der Waals surface area contributed by atoms with Crippen LogP contribution in [0.3, 0.4) is 0 Å². The first-order valence-corrected chi connectivity index (χ1v) is 5.82. The third-order valence-electron chi connectivity index (χ3n) is 1.86. The minimum absolute atomic E-state index is 0.220. The number of nitrogens with two attached hydrogens (primary N) is 1. The van der Waals surface area contributed by atoms with E-state index in [2.05, 4.69) is 20.1 Å². The summed E-state index contributed by atoms with van der Waals surface area (Å²) in [7, 11) is 0. The summed E-state index contributed by atoms with van der Waals surface area (Å²) in [6.45, 7) is 0. The summed E-state index contributed by atoms with van der Waals surface area (Å²) in [5.41, 5.74) is 6.08. The zero-order valence-electron chi connectivity index (χ0n) is 8.15. The number of benzene rings is 1. The van der Waals surface area contributed by atoms with Crippen LogP contribution in [0.4, 0.5) is 10.8 Å². The third-order valence-corrected chi connectivity index (χ3v) is 3.00. The van der Waals surface area contributed by atoms with Crippen LogP contribution < -0.4 is 11.1 Å². The Labute approximate surface area is 110 Å². The van der Waals surface area contributed by atoms with Gasteiger partial charge in [-0.1, -0.05) is 32.8 Å². The van der Waals surface area contributed by atoms with Crippen LogP contribution in [0.15, 0.2) is 12.1 Å². The molecule has 3 N–H and O–H groups in total. The number of hydrogen-bond acceptors (Lipinski definition) is 6. The van der Waals surface area contributed by atoms with E-state index < -0.39 is 5.91 Å². The smallest absolute Gasteiger partial charge is 0.257 e. The van der Waals surface area contributed by atoms with Crippen molar-refractivity contribution in [1.29, 1.82) is 0 Å². The van der Waals surface area contributed by atoms with Gasteiger partial charge in [-0.25, -0.2) is 0 Å². The first kappa shape index (κ1) is 12.0. The van der Waals surface area contributed by atoms with E-state index in [-0.39, 0.29) is 21.3 Å². The first-order valence-electron chi connectivity index (χ1n) is 4.29. The summed E-state index contributed by atoms with van der Waals surface area (Å²) in [6.07, 6.45) is 0. The maximum Gasteiger partial charge on any atom is 0.257 e. The monoisotopic (exact) mass is 289 g/mol. The van der Waals surface area contributed by atoms with Crippen molar-refractivity contribution in [2.45, 2.75) is 0 Å². The predicted molar refractivity (Wildman–Crippen MR) is 66.5 cm³/mol. The lowest BCUT2D eigenvalue weighted by molar-refractivity contribution is 0.102. The average Bonchev–Trinajstić information content (AvgIpc) is 2.77. The summed E-state index contributed by atoms with van der Waals surface area (Å²) in [5, 5.41) is 10.2. The van der Waals surface area contributed by atoms with Crippen LogP contribution in [0, 0.1) is 0 Å². The zero-order valence-corrected chi connectivity index (χ0v) is 10.5. The molecule has 17 heavy (non-hydrogen) atoms. The normalized spacial score (nSPS) is 10.2. The molecule has 0 unspecified atom stereocenters. The lowest BCUT2D eigenvalue weighted by atomic mass is 10.2. The van der Waals surface area contributed by atoms with Crippen LogP contribution in [0.25, 0.3) is 0 Å². The Bertz CT molecular complexity index is 536. The highest BCUT2D eigenvalue weighted by Gasteiger charge is 2.12. The molecule has 0 aliphatic rings. The predicted octanol–water partition coefficient (Wildman–Crippen LogP) is 2.07. The van der Waals surface area contributed by atoms with Crippen LogP contribution in [0.1, 0.15) is 10.4 Å². The number of nitrogens with one attached hydrogen (secondary N) is 1. The highest BCUT2D eigenvalue weighted by atomic mass is 35.5. The second-order valence-electron chi connectivity index (χ2n) is 2.98. The van der Waals surface area contributed by atoms with Gasteiger partial charge in [0, 0.05) is 17.1 Å². The Balaban J connectivity index is 2.26. The largest absolute Gasteiger partial charge is 0.396 e. The number of aromatic nitrogens is 3. The highest BCUT2D eigenvalue weighted by molar-refractivity contribution is 7.09. The molecule has 2 aromatic rings. The molecular formula is C8H5Cl2N5OS. The number of amides is 1. The maximum absolute atomic E-state index is 11.8. The van der Waals surface area contributed by atoms with E-state index in [4.69, 9.17) is 28.9 Å². The van der Waals surface area contributed by atoms with Crippen molar-refractivity contribution < 1.29 is 4.79 Å². The molecule has 0 fully saturated rings. The number of hydrogen-bond donors (Lipinski definition) is 2. The van der Waals surface area contributed by atoms with Gasteiger partial charge in [-0.2, -0.15) is 0 Å². The second-order valence-corrected chi connectivity index (χ2v) is 4.52. The highest BCUT2D eigenvalue weighted by Crippen LogP contribution is 2.29. The standard InChI is InChI=1S/C8H5Cl2N5OS/c9-4-1-3(2-5(10)6(4)11)7(16)12-8-13-14-15-17-8/h1-2H,11H2,(H,12,13,15,16). The fourth-order valence-corrected chi connectivity index (χ4v) is 1.92. The van der Waals surface area contributed by atoms with Crippen LogP contribution in [0.2, 0.25) is 10.0 Å². The molecule has 2 rings (SSSR count). The first-order chi connectivity index (χ1) is 8.08.